The summed E-state index contributed by atoms with van der Waals surface area (Å²) in [5.41, 5.74) is 5.40. The van der Waals surface area contributed by atoms with Gasteiger partial charge in [-0.15, -0.1) is 0 Å². The Kier molecular flexibility index (Phi) is 4.42. The van der Waals surface area contributed by atoms with Gasteiger partial charge in [-0.05, 0) is 13.8 Å². The Hall–Kier alpha value is -1.43. The Morgan fingerprint density at radius 1 is 1.56 bits per heavy atom. The van der Waals surface area contributed by atoms with Crippen molar-refractivity contribution in [1.29, 1.82) is 0 Å². The van der Waals surface area contributed by atoms with Crippen molar-refractivity contribution in [2.24, 2.45) is 0 Å². The van der Waals surface area contributed by atoms with Crippen molar-refractivity contribution in [3.8, 4) is 0 Å². The first-order valence-electron chi connectivity index (χ1n) is 5.11. The molecule has 16 heavy (non-hydrogen) atoms. The molecule has 0 spiro atoms. The molecular weight excluding hydrogens is 211 g/mol. The molecule has 1 rings (SSSR count). The molecule has 0 aliphatic rings. The summed E-state index contributed by atoms with van der Waals surface area (Å²) in [6, 6.07) is 0. The van der Waals surface area contributed by atoms with Crippen LogP contribution in [-0.4, -0.2) is 36.3 Å². The number of hydrogen-bond acceptors (Lipinski definition) is 5. The largest absolute Gasteiger partial charge is 0.377 e. The number of likely N-dealkylation sites (N-methyl/N-ethyl adjacent to an activating group) is 1. The first-order chi connectivity index (χ1) is 7.50. The van der Waals surface area contributed by atoms with Crippen LogP contribution in [0.4, 0.5) is 16.2 Å². The summed E-state index contributed by atoms with van der Waals surface area (Å²) < 4.78 is 18.7. The average molecular weight is 228 g/mol. The smallest absolute Gasteiger partial charge is 0.222 e. The summed E-state index contributed by atoms with van der Waals surface area (Å²) in [6.07, 6.45) is 1.23. The molecule has 0 saturated heterocycles. The maximum atomic E-state index is 13.3. The minimum atomic E-state index is -0.485. The molecule has 0 fully saturated rings. The van der Waals surface area contributed by atoms with Crippen molar-refractivity contribution in [3.63, 3.8) is 0 Å². The third kappa shape index (κ3) is 3.62. The molecule has 90 valence electrons. The van der Waals surface area contributed by atoms with Crippen LogP contribution in [0.25, 0.3) is 0 Å². The fourth-order valence-corrected chi connectivity index (χ4v) is 1.17. The molecule has 0 atom stereocenters. The number of nitrogen functional groups attached to an aromatic ring is 1. The zero-order valence-corrected chi connectivity index (χ0v) is 9.77. The highest BCUT2D eigenvalue weighted by Crippen LogP contribution is 2.14. The second-order valence-corrected chi connectivity index (χ2v) is 3.74. The minimum Gasteiger partial charge on any atom is -0.377 e. The summed E-state index contributed by atoms with van der Waals surface area (Å²) in [4.78, 5) is 9.05. The zero-order valence-electron chi connectivity index (χ0n) is 9.77. The highest BCUT2D eigenvalue weighted by molar-refractivity contribution is 5.41. The maximum Gasteiger partial charge on any atom is 0.222 e. The third-order valence-electron chi connectivity index (χ3n) is 1.98. The van der Waals surface area contributed by atoms with Gasteiger partial charge in [0, 0.05) is 13.6 Å². The van der Waals surface area contributed by atoms with Gasteiger partial charge in [0.25, 0.3) is 0 Å². The van der Waals surface area contributed by atoms with E-state index in [1.807, 2.05) is 13.8 Å². The summed E-state index contributed by atoms with van der Waals surface area (Å²) in [5.74, 6) is -0.228. The Balaban J connectivity index is 2.58. The molecule has 0 saturated carbocycles. The number of anilines is 2. The Morgan fingerprint density at radius 2 is 2.25 bits per heavy atom. The van der Waals surface area contributed by atoms with Gasteiger partial charge < -0.3 is 15.4 Å². The van der Waals surface area contributed by atoms with Gasteiger partial charge in [0.2, 0.25) is 5.95 Å². The lowest BCUT2D eigenvalue weighted by atomic mass is 10.4. The molecule has 0 aromatic carbocycles. The minimum absolute atomic E-state index is 0.0630. The summed E-state index contributed by atoms with van der Waals surface area (Å²) >= 11 is 0. The number of aromatic nitrogens is 2. The summed E-state index contributed by atoms with van der Waals surface area (Å²) in [6.45, 7) is 4.95. The molecule has 0 radical (unpaired) electrons. The number of nitrogens with two attached hydrogens (primary N) is 1. The molecule has 0 aliphatic carbocycles. The van der Waals surface area contributed by atoms with E-state index in [4.69, 9.17) is 10.5 Å². The Bertz CT molecular complexity index is 346. The van der Waals surface area contributed by atoms with Crippen molar-refractivity contribution in [3.05, 3.63) is 12.0 Å². The number of ether oxygens (including phenoxy) is 1. The van der Waals surface area contributed by atoms with Crippen LogP contribution in [0.3, 0.4) is 0 Å². The maximum absolute atomic E-state index is 13.3. The van der Waals surface area contributed by atoms with Gasteiger partial charge >= 0.3 is 0 Å². The molecular formula is C10H17FN4O. The SMILES string of the molecule is CC(C)OCCN(C)c1nc(N)ncc1F. The molecule has 0 amide bonds. The van der Waals surface area contributed by atoms with Crippen molar-refractivity contribution in [1.82, 2.24) is 9.97 Å². The van der Waals surface area contributed by atoms with E-state index < -0.39 is 5.82 Å². The van der Waals surface area contributed by atoms with Crippen molar-refractivity contribution in [2.75, 3.05) is 30.8 Å². The predicted molar refractivity (Wildman–Crippen MR) is 60.8 cm³/mol. The zero-order chi connectivity index (χ0) is 12.1. The number of nitrogens with zero attached hydrogens (tertiary/aromatic N) is 3. The van der Waals surface area contributed by atoms with Gasteiger partial charge in [-0.1, -0.05) is 0 Å². The number of hydrogen-bond donors (Lipinski definition) is 1. The van der Waals surface area contributed by atoms with Crippen LogP contribution in [0.5, 0.6) is 0 Å². The van der Waals surface area contributed by atoms with Crippen molar-refractivity contribution < 1.29 is 9.13 Å². The van der Waals surface area contributed by atoms with E-state index in [2.05, 4.69) is 9.97 Å². The highest BCUT2D eigenvalue weighted by atomic mass is 19.1. The first kappa shape index (κ1) is 12.6. The van der Waals surface area contributed by atoms with Gasteiger partial charge in [0.15, 0.2) is 11.6 Å². The summed E-state index contributed by atoms with van der Waals surface area (Å²) in [5, 5.41) is 0. The lowest BCUT2D eigenvalue weighted by Crippen LogP contribution is -2.26. The Morgan fingerprint density at radius 3 is 2.88 bits per heavy atom. The lowest BCUT2D eigenvalue weighted by Gasteiger charge is -2.19. The van der Waals surface area contributed by atoms with Crippen LogP contribution in [0.15, 0.2) is 6.20 Å². The molecule has 5 nitrogen and oxygen atoms in total. The predicted octanol–water partition coefficient (Wildman–Crippen LogP) is 1.06. The lowest BCUT2D eigenvalue weighted by molar-refractivity contribution is 0.0845. The topological polar surface area (TPSA) is 64.3 Å². The number of halogens is 1. The van der Waals surface area contributed by atoms with Crippen molar-refractivity contribution >= 4 is 11.8 Å². The second-order valence-electron chi connectivity index (χ2n) is 3.74. The second kappa shape index (κ2) is 5.60. The van der Waals surface area contributed by atoms with Crippen LogP contribution in [0.2, 0.25) is 0 Å². The number of rotatable bonds is 5. The molecule has 1 heterocycles. The molecule has 0 bridgehead atoms. The van der Waals surface area contributed by atoms with Crippen LogP contribution in [0.1, 0.15) is 13.8 Å². The van der Waals surface area contributed by atoms with E-state index in [1.165, 1.54) is 0 Å². The van der Waals surface area contributed by atoms with Crippen molar-refractivity contribution in [2.45, 2.75) is 20.0 Å². The van der Waals surface area contributed by atoms with E-state index in [1.54, 1.807) is 11.9 Å². The molecule has 0 aliphatic heterocycles. The van der Waals surface area contributed by atoms with Crippen LogP contribution in [-0.2, 0) is 4.74 Å². The summed E-state index contributed by atoms with van der Waals surface area (Å²) in [7, 11) is 1.73. The molecule has 1 aromatic rings. The van der Waals surface area contributed by atoms with Gasteiger partial charge in [-0.2, -0.15) is 4.98 Å². The molecule has 6 heteroatoms. The van der Waals surface area contributed by atoms with Crippen LogP contribution in [0, 0.1) is 5.82 Å². The van der Waals surface area contributed by atoms with Gasteiger partial charge in [-0.25, -0.2) is 9.37 Å². The highest BCUT2D eigenvalue weighted by Gasteiger charge is 2.10. The van der Waals surface area contributed by atoms with E-state index in [0.717, 1.165) is 6.20 Å². The average Bonchev–Trinajstić information content (AvgIpc) is 2.21. The molecule has 2 N–H and O–H groups in total. The van der Waals surface area contributed by atoms with Crippen LogP contribution < -0.4 is 10.6 Å². The fraction of sp³-hybridized carbons (Fsp3) is 0.600. The first-order valence-corrected chi connectivity index (χ1v) is 5.11. The van der Waals surface area contributed by atoms with E-state index in [-0.39, 0.29) is 17.9 Å². The van der Waals surface area contributed by atoms with Gasteiger partial charge in [-0.3, -0.25) is 0 Å². The van der Waals surface area contributed by atoms with E-state index >= 15 is 0 Å². The monoisotopic (exact) mass is 228 g/mol. The quantitative estimate of drug-likeness (QED) is 0.816. The molecule has 1 aromatic heterocycles. The Labute approximate surface area is 94.4 Å². The van der Waals surface area contributed by atoms with E-state index in [0.29, 0.717) is 13.2 Å². The van der Waals surface area contributed by atoms with Gasteiger partial charge in [0.1, 0.15) is 0 Å². The molecule has 0 unspecified atom stereocenters. The third-order valence-corrected chi connectivity index (χ3v) is 1.98. The van der Waals surface area contributed by atoms with Gasteiger partial charge in [0.05, 0.1) is 18.9 Å². The van der Waals surface area contributed by atoms with Crippen LogP contribution >= 0.6 is 0 Å². The normalized spacial score (nSPS) is 10.8. The van der Waals surface area contributed by atoms with E-state index in [9.17, 15) is 4.39 Å². The fourth-order valence-electron chi connectivity index (χ4n) is 1.17. The standard InChI is InChI=1S/C10H17FN4O/c1-7(2)16-5-4-15(3)9-8(11)6-13-10(12)14-9/h6-7H,4-5H2,1-3H3,(H2,12,13,14).